The van der Waals surface area contributed by atoms with Crippen LogP contribution in [0.2, 0.25) is 5.02 Å². The molecule has 5 N–H and O–H groups in total. The molecule has 76 heavy (non-hydrogen) atoms. The number of halogens is 7. The molecule has 4 amide bonds. The number of alkyl halides is 5. The van der Waals surface area contributed by atoms with E-state index in [1.165, 1.54) is 52.1 Å². The Balaban J connectivity index is 1.32. The maximum absolute atomic E-state index is 16.2. The fourth-order valence-corrected chi connectivity index (χ4v) is 9.49. The average molecular weight is 1090 g/mol. The number of pyridine rings is 2. The highest BCUT2D eigenvalue weighted by Gasteiger charge is 2.46. The molecule has 0 spiro atoms. The largest absolute Gasteiger partial charge is 0.453 e. The Hall–Kier alpha value is -6.67. The molecule has 6 rings (SSSR count). The van der Waals surface area contributed by atoms with Crippen LogP contribution in [0.3, 0.4) is 0 Å². The summed E-state index contributed by atoms with van der Waals surface area (Å²) in [6.45, 7) is 2.59. The minimum absolute atomic E-state index is 0.105. The fraction of sp³-hybridized carbons (Fsp3) is 0.472. The molecule has 2 fully saturated rings. The summed E-state index contributed by atoms with van der Waals surface area (Å²) in [4.78, 5) is 66.3. The van der Waals surface area contributed by atoms with Crippen LogP contribution in [0, 0.1) is 28.5 Å². The highest BCUT2D eigenvalue weighted by molar-refractivity contribution is 6.31. The third-order valence-corrected chi connectivity index (χ3v) is 13.8. The van der Waals surface area contributed by atoms with Crippen molar-refractivity contribution in [2.75, 3.05) is 58.6 Å². The van der Waals surface area contributed by atoms with Gasteiger partial charge in [0.1, 0.15) is 29.8 Å². The van der Waals surface area contributed by atoms with Crippen molar-refractivity contribution < 1.29 is 60.1 Å². The molecule has 2 saturated heterocycles. The molecular formula is C53H62ClF6N9O7. The van der Waals surface area contributed by atoms with Gasteiger partial charge in [-0.15, -0.1) is 0 Å². The Morgan fingerprint density at radius 2 is 1.39 bits per heavy atom. The lowest BCUT2D eigenvalue weighted by Gasteiger charge is -2.41. The quantitative estimate of drug-likeness (QED) is 0.0353. The molecule has 0 saturated carbocycles. The second-order valence-corrected chi connectivity index (χ2v) is 20.5. The first-order valence-electron chi connectivity index (χ1n) is 24.3. The normalized spacial score (nSPS) is 17.8. The number of aliphatic hydroxyl groups excluding tert-OH is 1. The van der Waals surface area contributed by atoms with Gasteiger partial charge >= 0.3 is 18.4 Å². The molecule has 2 aromatic heterocycles. The smallest absolute Gasteiger partial charge is 0.407 e. The van der Waals surface area contributed by atoms with Crippen molar-refractivity contribution >= 4 is 41.4 Å². The van der Waals surface area contributed by atoms with Crippen LogP contribution in [0.4, 0.5) is 41.7 Å². The van der Waals surface area contributed by atoms with Crippen LogP contribution >= 0.6 is 11.6 Å². The highest BCUT2D eigenvalue weighted by atomic mass is 35.5. The third kappa shape index (κ3) is 15.0. The average Bonchev–Trinajstić information content (AvgIpc) is 3.61. The van der Waals surface area contributed by atoms with E-state index in [0.29, 0.717) is 48.4 Å². The van der Waals surface area contributed by atoms with Gasteiger partial charge in [-0.3, -0.25) is 33.7 Å². The van der Waals surface area contributed by atoms with Crippen LogP contribution in [0.5, 0.6) is 0 Å². The molecule has 4 aromatic rings. The van der Waals surface area contributed by atoms with Crippen LogP contribution in [0.25, 0.3) is 0 Å². The summed E-state index contributed by atoms with van der Waals surface area (Å²) < 4.78 is 94.6. The number of carbonyl (C=O) groups excluding carboxylic acids is 4. The van der Waals surface area contributed by atoms with Crippen LogP contribution in [-0.4, -0.2) is 145 Å². The molecule has 16 nitrogen and oxygen atoms in total. The predicted octanol–water partition coefficient (Wildman–Crippen LogP) is 6.84. The van der Waals surface area contributed by atoms with Crippen molar-refractivity contribution in [1.29, 1.82) is 0 Å². The molecule has 0 aliphatic carbocycles. The number of anilines is 1. The molecular weight excluding hydrogens is 1020 g/mol. The van der Waals surface area contributed by atoms with Gasteiger partial charge in [-0.25, -0.2) is 24.0 Å². The number of hydrogen-bond donors (Lipinski definition) is 5. The molecule has 2 aliphatic rings. The lowest BCUT2D eigenvalue weighted by molar-refractivity contribution is -0.153. The summed E-state index contributed by atoms with van der Waals surface area (Å²) in [5, 5.41) is 20.9. The summed E-state index contributed by atoms with van der Waals surface area (Å²) in [5.74, 6) is 3.96. The maximum Gasteiger partial charge on any atom is 0.407 e. The van der Waals surface area contributed by atoms with Gasteiger partial charge in [0, 0.05) is 76.7 Å². The number of aromatic nitrogens is 2. The Morgan fingerprint density at radius 1 is 0.803 bits per heavy atom. The zero-order valence-corrected chi connectivity index (χ0v) is 43.5. The van der Waals surface area contributed by atoms with Crippen LogP contribution in [0.1, 0.15) is 74.5 Å². The van der Waals surface area contributed by atoms with E-state index >= 15 is 4.39 Å². The highest BCUT2D eigenvalue weighted by Crippen LogP contribution is 2.36. The van der Waals surface area contributed by atoms with Gasteiger partial charge in [0.15, 0.2) is 0 Å². The zero-order chi connectivity index (χ0) is 55.5. The number of amides is 4. The lowest BCUT2D eigenvalue weighted by Crippen LogP contribution is -2.62. The first-order valence-corrected chi connectivity index (χ1v) is 24.7. The topological polar surface area (TPSA) is 191 Å². The summed E-state index contributed by atoms with van der Waals surface area (Å²) in [7, 11) is 2.11. The van der Waals surface area contributed by atoms with E-state index in [4.69, 9.17) is 21.1 Å². The van der Waals surface area contributed by atoms with Gasteiger partial charge in [0.2, 0.25) is 5.91 Å². The maximum atomic E-state index is 16.2. The number of rotatable bonds is 20. The van der Waals surface area contributed by atoms with Gasteiger partial charge in [-0.05, 0) is 73.4 Å². The molecule has 2 aromatic carbocycles. The summed E-state index contributed by atoms with van der Waals surface area (Å²) in [5.41, 5.74) is 1.10. The second-order valence-electron chi connectivity index (χ2n) is 20.1. The van der Waals surface area contributed by atoms with E-state index < -0.39 is 104 Å². The predicted molar refractivity (Wildman–Crippen MR) is 271 cm³/mol. The van der Waals surface area contributed by atoms with Crippen LogP contribution in [-0.2, 0) is 25.5 Å². The summed E-state index contributed by atoms with van der Waals surface area (Å²) >= 11 is 6.69. The minimum Gasteiger partial charge on any atom is -0.453 e. The van der Waals surface area contributed by atoms with Gasteiger partial charge in [0.05, 0.1) is 52.0 Å². The Kier molecular flexibility index (Phi) is 19.6. The van der Waals surface area contributed by atoms with Gasteiger partial charge in [-0.1, -0.05) is 75.4 Å². The molecule has 7 atom stereocenters. The van der Waals surface area contributed by atoms with Crippen LogP contribution < -0.4 is 26.3 Å². The number of benzene rings is 2. The number of fused-ring (bicyclic) bond motifs is 2. The van der Waals surface area contributed by atoms with Crippen molar-refractivity contribution in [1.82, 2.24) is 41.3 Å². The van der Waals surface area contributed by atoms with Crippen molar-refractivity contribution in [2.24, 2.45) is 10.8 Å². The standard InChI is InChI=1S/C53H62ClF6N9O7/c1-51(2,29-55)45(64-49(73)75-5)47(71)63-40(24-33-16-13-32(14-17-33)15-18-34-19-22-42(62-25-34)67-26-35-20-21-36(27-67)68(35)31-53(58,59)60)41(70)28-69(66-48(72)46(52(3,4)30-56)65-50(74)76-6)44(39-12-7-8-23-61-39)43-37(54)10-9-11-38(43)57/h7-14,16-17,19,22-23,25,35-36,40-41,44-46,70H,20-21,24,26-31H2,1-6H3,(H,63,71)(H,64,73)(H,65,74)(H,66,72)/t35?,36?,40-,41-,44?,45+,46+/m0/s1. The van der Waals surface area contributed by atoms with Crippen molar-refractivity contribution in [2.45, 2.75) is 95.5 Å². The number of hydrazine groups is 1. The summed E-state index contributed by atoms with van der Waals surface area (Å²) in [6.07, 6.45) is -3.95. The van der Waals surface area contributed by atoms with Gasteiger partial charge < -0.3 is 35.4 Å². The van der Waals surface area contributed by atoms with E-state index in [9.17, 15) is 46.2 Å². The molecule has 4 heterocycles. The first kappa shape index (κ1) is 58.6. The van der Waals surface area contributed by atoms with E-state index in [1.807, 2.05) is 4.90 Å². The Morgan fingerprint density at radius 3 is 1.92 bits per heavy atom. The zero-order valence-electron chi connectivity index (χ0n) is 42.8. The van der Waals surface area contributed by atoms with E-state index in [-0.39, 0.29) is 34.8 Å². The number of carbonyl (C=O) groups is 4. The van der Waals surface area contributed by atoms with E-state index in [1.54, 1.807) is 59.6 Å². The number of nitrogens with zero attached hydrogens (tertiary/aromatic N) is 5. The van der Waals surface area contributed by atoms with Crippen molar-refractivity contribution in [3.8, 4) is 11.8 Å². The molecule has 23 heteroatoms. The van der Waals surface area contributed by atoms with Crippen molar-refractivity contribution in [3.05, 3.63) is 124 Å². The number of aliphatic hydroxyl groups is 1. The number of nitrogens with one attached hydrogen (secondary N) is 4. The first-order chi connectivity index (χ1) is 36.0. The number of alkyl carbamates (subject to hydrolysis) is 2. The molecule has 3 unspecified atom stereocenters. The Bertz CT molecular complexity index is 2660. The molecule has 410 valence electrons. The SMILES string of the molecule is COC(=O)N[C@H](C(=O)N[C@@H](Cc1ccc(C#Cc2ccc(N3CC4CCC(C3)N4CC(F)(F)F)nc2)cc1)[C@@H](O)CN(NC(=O)[C@@H](NC(=O)OC)C(C)(C)CF)C(c1ccccn1)c1c(F)cccc1Cl)C(C)(C)CF. The summed E-state index contributed by atoms with van der Waals surface area (Å²) in [6, 6.07) is 12.4. The second kappa shape index (κ2) is 25.4. The molecule has 2 bridgehead atoms. The molecule has 0 radical (unpaired) electrons. The third-order valence-electron chi connectivity index (χ3n) is 13.5. The van der Waals surface area contributed by atoms with Gasteiger partial charge in [-0.2, -0.15) is 13.2 Å². The van der Waals surface area contributed by atoms with E-state index in [2.05, 4.69) is 43.2 Å². The lowest BCUT2D eigenvalue weighted by atomic mass is 9.84. The van der Waals surface area contributed by atoms with Crippen LogP contribution in [0.15, 0.2) is 85.2 Å². The number of hydrogen-bond acceptors (Lipinski definition) is 12. The number of piperazine rings is 1. The Labute approximate surface area is 442 Å². The van der Waals surface area contributed by atoms with Gasteiger partial charge in [0.25, 0.3) is 5.91 Å². The monoisotopic (exact) mass is 1090 g/mol. The minimum atomic E-state index is -4.27. The number of ether oxygens (including phenoxy) is 2. The molecule has 2 aliphatic heterocycles. The number of methoxy groups -OCH3 is 2. The van der Waals surface area contributed by atoms with Crippen molar-refractivity contribution in [3.63, 3.8) is 0 Å². The fourth-order valence-electron chi connectivity index (χ4n) is 9.22. The van der Waals surface area contributed by atoms with E-state index in [0.717, 1.165) is 25.3 Å².